The van der Waals surface area contributed by atoms with Crippen LogP contribution in [0.2, 0.25) is 0 Å². The number of nitrogens with one attached hydrogen (secondary N) is 2. The Labute approximate surface area is 182 Å². The van der Waals surface area contributed by atoms with Gasteiger partial charge in [-0.1, -0.05) is 75.5 Å². The number of amides is 1. The van der Waals surface area contributed by atoms with Crippen molar-refractivity contribution in [2.45, 2.75) is 14.9 Å². The van der Waals surface area contributed by atoms with Crippen LogP contribution in [0.15, 0.2) is 73.1 Å². The van der Waals surface area contributed by atoms with E-state index in [1.165, 1.54) is 0 Å². The highest BCUT2D eigenvalue weighted by Gasteiger charge is 2.15. The molecular formula is C24H28N6O. The number of nitrogen functional groups attached to an aromatic ring is 2. The van der Waals surface area contributed by atoms with E-state index in [4.69, 9.17) is 22.5 Å². The van der Waals surface area contributed by atoms with Crippen LogP contribution >= 0.6 is 0 Å². The van der Waals surface area contributed by atoms with Crippen LogP contribution in [0.1, 0.15) is 30.8 Å². The summed E-state index contributed by atoms with van der Waals surface area (Å²) in [5, 5.41) is 8.90. The summed E-state index contributed by atoms with van der Waals surface area (Å²) < 4.78 is 0. The summed E-state index contributed by atoms with van der Waals surface area (Å²) in [5.41, 5.74) is 20.9. The minimum absolute atomic E-state index is 0. The summed E-state index contributed by atoms with van der Waals surface area (Å²) in [5.74, 6) is 0.209. The van der Waals surface area contributed by atoms with E-state index in [0.717, 1.165) is 22.3 Å². The third-order valence-electron chi connectivity index (χ3n) is 4.35. The minimum Gasteiger partial charge on any atom is -0.385 e. The summed E-state index contributed by atoms with van der Waals surface area (Å²) >= 11 is 0. The van der Waals surface area contributed by atoms with Crippen LogP contribution < -0.4 is 17.2 Å². The zero-order chi connectivity index (χ0) is 20.8. The largest absolute Gasteiger partial charge is 0.385 e. The van der Waals surface area contributed by atoms with Crippen molar-refractivity contribution in [2.75, 3.05) is 11.5 Å². The lowest BCUT2D eigenvalue weighted by atomic mass is 10.0. The molecule has 0 saturated carbocycles. The van der Waals surface area contributed by atoms with Gasteiger partial charge in [0.15, 0.2) is 0 Å². The van der Waals surface area contributed by atoms with Gasteiger partial charge < -0.3 is 27.2 Å². The number of hydrogen-bond acceptors (Lipinski definition) is 4. The van der Waals surface area contributed by atoms with Gasteiger partial charge in [-0.3, -0.25) is 4.79 Å². The first kappa shape index (κ1) is 24.6. The Morgan fingerprint density at radius 3 is 1.71 bits per heavy atom. The van der Waals surface area contributed by atoms with Gasteiger partial charge in [-0.25, -0.2) is 0 Å². The number of carbonyl (C=O) groups is 1. The van der Waals surface area contributed by atoms with Crippen LogP contribution in [0.25, 0.3) is 22.3 Å². The van der Waals surface area contributed by atoms with Crippen LogP contribution in [-0.4, -0.2) is 15.9 Å². The van der Waals surface area contributed by atoms with E-state index < -0.39 is 5.91 Å². The lowest BCUT2D eigenvalue weighted by Gasteiger charge is -2.00. The van der Waals surface area contributed by atoms with Crippen LogP contribution in [-0.2, 0) is 0 Å². The summed E-state index contributed by atoms with van der Waals surface area (Å²) in [6.45, 7) is 0. The number of nitriles is 1. The predicted molar refractivity (Wildman–Crippen MR) is 128 cm³/mol. The van der Waals surface area contributed by atoms with E-state index in [1.807, 2.05) is 60.7 Å². The van der Waals surface area contributed by atoms with Crippen molar-refractivity contribution in [1.82, 2.24) is 9.97 Å². The van der Waals surface area contributed by atoms with Gasteiger partial charge in [0, 0.05) is 23.5 Å². The first-order chi connectivity index (χ1) is 14.0. The fraction of sp³-hybridized carbons (Fsp3) is 0.0833. The molecule has 0 atom stereocenters. The summed E-state index contributed by atoms with van der Waals surface area (Å²) in [4.78, 5) is 16.8. The highest BCUT2D eigenvalue weighted by atomic mass is 16.1. The third-order valence-corrected chi connectivity index (χ3v) is 4.35. The van der Waals surface area contributed by atoms with E-state index in [9.17, 15) is 4.79 Å². The Morgan fingerprint density at radius 2 is 1.23 bits per heavy atom. The monoisotopic (exact) mass is 416 g/mol. The smallest absolute Gasteiger partial charge is 0.253 e. The fourth-order valence-electron chi connectivity index (χ4n) is 2.96. The second kappa shape index (κ2) is 10.9. The molecule has 0 radical (unpaired) electrons. The Kier molecular flexibility index (Phi) is 8.67. The molecule has 160 valence electrons. The van der Waals surface area contributed by atoms with Crippen LogP contribution in [0.3, 0.4) is 0 Å². The quantitative estimate of drug-likeness (QED) is 0.327. The van der Waals surface area contributed by atoms with Crippen LogP contribution in [0, 0.1) is 11.3 Å². The molecule has 8 N–H and O–H groups in total. The van der Waals surface area contributed by atoms with Crippen LogP contribution in [0.4, 0.5) is 11.6 Å². The predicted octanol–water partition coefficient (Wildman–Crippen LogP) is 4.77. The average Bonchev–Trinajstić information content (AvgIpc) is 3.32. The van der Waals surface area contributed by atoms with Crippen molar-refractivity contribution in [1.29, 1.82) is 5.26 Å². The molecule has 0 bridgehead atoms. The maximum atomic E-state index is 11.2. The van der Waals surface area contributed by atoms with E-state index in [2.05, 4.69) is 16.0 Å². The molecule has 7 nitrogen and oxygen atoms in total. The average molecular weight is 417 g/mol. The van der Waals surface area contributed by atoms with Gasteiger partial charge >= 0.3 is 0 Å². The van der Waals surface area contributed by atoms with Crippen LogP contribution in [0.5, 0.6) is 0 Å². The number of hydrogen-bond donors (Lipinski definition) is 5. The second-order valence-corrected chi connectivity index (χ2v) is 6.19. The number of aromatic amines is 2. The van der Waals surface area contributed by atoms with Gasteiger partial charge in [-0.15, -0.1) is 0 Å². The maximum Gasteiger partial charge on any atom is 0.253 e. The van der Waals surface area contributed by atoms with Gasteiger partial charge in [-0.2, -0.15) is 5.26 Å². The topological polar surface area (TPSA) is 150 Å². The molecule has 0 aliphatic rings. The molecule has 0 fully saturated rings. The molecule has 0 spiro atoms. The van der Waals surface area contributed by atoms with E-state index >= 15 is 0 Å². The lowest BCUT2D eigenvalue weighted by molar-refractivity contribution is 0.100. The van der Waals surface area contributed by atoms with Crippen molar-refractivity contribution in [3.8, 4) is 28.3 Å². The van der Waals surface area contributed by atoms with E-state index in [-0.39, 0.29) is 14.9 Å². The van der Waals surface area contributed by atoms with Crippen molar-refractivity contribution < 1.29 is 4.79 Å². The molecule has 4 aromatic rings. The Balaban J connectivity index is 0.000000292. The molecule has 4 rings (SSSR count). The Hall–Kier alpha value is -4.44. The molecule has 0 aliphatic heterocycles. The summed E-state index contributed by atoms with van der Waals surface area (Å²) in [7, 11) is 0. The number of aromatic nitrogens is 2. The van der Waals surface area contributed by atoms with Crippen molar-refractivity contribution in [3.63, 3.8) is 0 Å². The van der Waals surface area contributed by atoms with Gasteiger partial charge in [0.2, 0.25) is 0 Å². The zero-order valence-electron chi connectivity index (χ0n) is 15.5. The number of anilines is 2. The molecule has 0 saturated heterocycles. The molecule has 7 heteroatoms. The molecule has 2 aromatic heterocycles. The summed E-state index contributed by atoms with van der Waals surface area (Å²) in [6.07, 6.45) is 3.44. The number of benzene rings is 2. The van der Waals surface area contributed by atoms with Crippen molar-refractivity contribution >= 4 is 17.5 Å². The standard InChI is InChI=1S/C11H11N3O.C11H9N3.2CH4/c12-10-9(11(13)15)8(6-14-10)7-4-2-1-3-5-7;12-6-9-10(7-14-11(9)13)8-4-2-1-3-5-8;;/h1-6,14H,12H2,(H2,13,15);1-5,7,14H,13H2;2*1H4. The zero-order valence-corrected chi connectivity index (χ0v) is 15.5. The number of nitrogens with two attached hydrogens (primary N) is 3. The molecule has 0 aliphatic carbocycles. The van der Waals surface area contributed by atoms with Gasteiger partial charge in [0.25, 0.3) is 5.91 Å². The van der Waals surface area contributed by atoms with Crippen molar-refractivity contribution in [2.24, 2.45) is 5.73 Å². The van der Waals surface area contributed by atoms with Gasteiger partial charge in [0.1, 0.15) is 23.3 Å². The number of rotatable bonds is 3. The van der Waals surface area contributed by atoms with Gasteiger partial charge in [0.05, 0.1) is 5.56 Å². The highest BCUT2D eigenvalue weighted by Crippen LogP contribution is 2.27. The molecule has 2 heterocycles. The van der Waals surface area contributed by atoms with Gasteiger partial charge in [-0.05, 0) is 11.1 Å². The number of H-pyrrole nitrogens is 2. The first-order valence-electron chi connectivity index (χ1n) is 8.77. The van der Waals surface area contributed by atoms with Crippen molar-refractivity contribution in [3.05, 3.63) is 84.2 Å². The summed E-state index contributed by atoms with van der Waals surface area (Å²) in [6, 6.07) is 21.3. The number of primary amides is 1. The first-order valence-corrected chi connectivity index (χ1v) is 8.77. The molecule has 1 amide bonds. The second-order valence-electron chi connectivity index (χ2n) is 6.19. The minimum atomic E-state index is -0.521. The number of nitrogens with zero attached hydrogens (tertiary/aromatic N) is 1. The Bertz CT molecular complexity index is 1150. The molecule has 0 unspecified atom stereocenters. The lowest BCUT2D eigenvalue weighted by Crippen LogP contribution is -2.13. The highest BCUT2D eigenvalue weighted by molar-refractivity contribution is 6.04. The van der Waals surface area contributed by atoms with E-state index in [1.54, 1.807) is 12.4 Å². The third kappa shape index (κ3) is 5.34. The SMILES string of the molecule is C.C.N#Cc1c(-c2ccccc2)c[nH]c1N.NC(=O)c1c(-c2ccccc2)c[nH]c1N. The Morgan fingerprint density at radius 1 is 0.774 bits per heavy atom. The normalized spacial score (nSPS) is 9.26. The molecular weight excluding hydrogens is 388 g/mol. The maximum absolute atomic E-state index is 11.2. The number of carbonyl (C=O) groups excluding carboxylic acids is 1. The van der Waals surface area contributed by atoms with E-state index in [0.29, 0.717) is 22.8 Å². The molecule has 2 aromatic carbocycles. The molecule has 31 heavy (non-hydrogen) atoms. The fourth-order valence-corrected chi connectivity index (χ4v) is 2.96.